The van der Waals surface area contributed by atoms with Crippen molar-refractivity contribution < 1.29 is 18.5 Å². The fraction of sp³-hybridized carbons (Fsp3) is 0.167. The molecule has 0 aliphatic heterocycles. The van der Waals surface area contributed by atoms with Crippen molar-refractivity contribution in [1.82, 2.24) is 4.98 Å². The van der Waals surface area contributed by atoms with Crippen molar-refractivity contribution >= 4 is 28.4 Å². The highest BCUT2D eigenvalue weighted by molar-refractivity contribution is 7.92. The number of hydrogen-bond acceptors (Lipinski definition) is 5. The maximum absolute atomic E-state index is 10.8. The molecule has 1 rings (SSSR count). The summed E-state index contributed by atoms with van der Waals surface area (Å²) in [6.07, 6.45) is 2.18. The fourth-order valence-corrected chi connectivity index (χ4v) is 1.31. The third kappa shape index (κ3) is 3.33. The van der Waals surface area contributed by atoms with E-state index in [0.29, 0.717) is 0 Å². The minimum absolute atomic E-state index is 0.136. The van der Waals surface area contributed by atoms with Crippen LogP contribution in [0.5, 0.6) is 0 Å². The Bertz CT molecular complexity index is 402. The van der Waals surface area contributed by atoms with E-state index in [1.54, 1.807) is 0 Å². The normalized spacial score (nSPS) is 11.1. The summed E-state index contributed by atoms with van der Waals surface area (Å²) in [6.45, 7) is 0. The molecule has 0 aliphatic rings. The molecule has 8 heteroatoms. The molecule has 0 bridgehead atoms. The van der Waals surface area contributed by atoms with Crippen LogP contribution in [0.1, 0.15) is 0 Å². The molecule has 1 aromatic heterocycles. The van der Waals surface area contributed by atoms with Crippen molar-refractivity contribution in [3.8, 4) is 0 Å². The first-order chi connectivity index (χ1) is 6.38. The van der Waals surface area contributed by atoms with Gasteiger partial charge in [0.05, 0.1) is 6.26 Å². The van der Waals surface area contributed by atoms with Gasteiger partial charge in [-0.1, -0.05) is 6.07 Å². The van der Waals surface area contributed by atoms with E-state index in [9.17, 15) is 8.42 Å². The van der Waals surface area contributed by atoms with Gasteiger partial charge in [0.15, 0.2) is 0 Å². The van der Waals surface area contributed by atoms with Gasteiger partial charge in [0, 0.05) is 11.7 Å². The number of pyridine rings is 1. The number of anilines is 1. The van der Waals surface area contributed by atoms with E-state index >= 15 is 0 Å². The molecule has 0 aromatic carbocycles. The summed E-state index contributed by atoms with van der Waals surface area (Å²) >= 11 is 0. The summed E-state index contributed by atoms with van der Waals surface area (Å²) in [6, 6.07) is 2.71. The van der Waals surface area contributed by atoms with Crippen LogP contribution in [0.4, 0.5) is 5.82 Å². The van der Waals surface area contributed by atoms with Crippen LogP contribution in [-0.4, -0.2) is 36.8 Å². The first-order valence-corrected chi connectivity index (χ1v) is 5.57. The molecular weight excluding hydrogens is 207 g/mol. The van der Waals surface area contributed by atoms with Gasteiger partial charge in [0.25, 0.3) is 0 Å². The average molecular weight is 216 g/mol. The largest absolute Gasteiger partial charge is 0.490 e. The zero-order valence-corrected chi connectivity index (χ0v) is 8.19. The van der Waals surface area contributed by atoms with Crippen molar-refractivity contribution in [3.05, 3.63) is 18.3 Å². The Hall–Kier alpha value is -1.12. The molecule has 0 aliphatic carbocycles. The van der Waals surface area contributed by atoms with Crippen LogP contribution in [0, 0.1) is 0 Å². The zero-order valence-electron chi connectivity index (χ0n) is 7.38. The second kappa shape index (κ2) is 3.95. The Morgan fingerprint density at radius 2 is 2.07 bits per heavy atom. The van der Waals surface area contributed by atoms with Gasteiger partial charge in [-0.05, 0) is 6.07 Å². The van der Waals surface area contributed by atoms with Gasteiger partial charge in [-0.15, -0.1) is 0 Å². The van der Waals surface area contributed by atoms with Crippen molar-refractivity contribution in [3.63, 3.8) is 0 Å². The molecule has 0 radical (unpaired) electrons. The summed E-state index contributed by atoms with van der Waals surface area (Å²) in [5.41, 5.74) is 0.198. The number of sulfonamides is 1. The van der Waals surface area contributed by atoms with Crippen LogP contribution in [0.3, 0.4) is 0 Å². The Kier molecular flexibility index (Phi) is 3.09. The number of aromatic nitrogens is 1. The molecule has 0 unspecified atom stereocenters. The summed E-state index contributed by atoms with van der Waals surface area (Å²) in [5.74, 6) is 0.136. The lowest BCUT2D eigenvalue weighted by Crippen LogP contribution is -2.30. The lowest BCUT2D eigenvalue weighted by molar-refractivity contribution is 0.425. The summed E-state index contributed by atoms with van der Waals surface area (Å²) in [4.78, 5) is 3.68. The molecule has 14 heavy (non-hydrogen) atoms. The third-order valence-electron chi connectivity index (χ3n) is 1.37. The molecule has 0 atom stereocenters. The molecule has 0 saturated carbocycles. The van der Waals surface area contributed by atoms with E-state index in [4.69, 9.17) is 10.0 Å². The predicted octanol–water partition coefficient (Wildman–Crippen LogP) is -1.87. The first-order valence-electron chi connectivity index (χ1n) is 3.68. The first kappa shape index (κ1) is 11.0. The summed E-state index contributed by atoms with van der Waals surface area (Å²) in [7, 11) is -4.95. The van der Waals surface area contributed by atoms with E-state index in [1.165, 1.54) is 18.3 Å². The zero-order chi connectivity index (χ0) is 10.8. The summed E-state index contributed by atoms with van der Waals surface area (Å²) < 4.78 is 23.7. The maximum Gasteiger partial charge on any atom is 0.490 e. The smallest absolute Gasteiger partial charge is 0.423 e. The number of nitrogens with one attached hydrogen (secondary N) is 1. The minimum atomic E-state index is -3.35. The SMILES string of the molecule is CS(=O)(=O)Nc1ccc(B(O)O)cn1. The maximum atomic E-state index is 10.8. The molecule has 3 N–H and O–H groups in total. The molecule has 0 fully saturated rings. The van der Waals surface area contributed by atoms with Crippen LogP contribution in [-0.2, 0) is 10.0 Å². The molecular formula is C6H9BN2O4S. The summed E-state index contributed by atoms with van der Waals surface area (Å²) in [5, 5.41) is 17.4. The lowest BCUT2D eigenvalue weighted by atomic mass is 9.82. The average Bonchev–Trinajstić information content (AvgIpc) is 2.02. The topological polar surface area (TPSA) is 99.5 Å². The van der Waals surface area contributed by atoms with E-state index in [2.05, 4.69) is 9.71 Å². The van der Waals surface area contributed by atoms with Crippen molar-refractivity contribution in [2.24, 2.45) is 0 Å². The van der Waals surface area contributed by atoms with Gasteiger partial charge in [-0.25, -0.2) is 13.4 Å². The second-order valence-electron chi connectivity index (χ2n) is 2.72. The van der Waals surface area contributed by atoms with Crippen LogP contribution < -0.4 is 10.2 Å². The second-order valence-corrected chi connectivity index (χ2v) is 4.47. The van der Waals surface area contributed by atoms with E-state index in [1.807, 2.05) is 0 Å². The van der Waals surface area contributed by atoms with Gasteiger partial charge in [-0.3, -0.25) is 4.72 Å². The predicted molar refractivity (Wildman–Crippen MR) is 52.5 cm³/mol. The van der Waals surface area contributed by atoms with Crippen LogP contribution in [0.15, 0.2) is 18.3 Å². The van der Waals surface area contributed by atoms with Crippen LogP contribution >= 0.6 is 0 Å². The highest BCUT2D eigenvalue weighted by Crippen LogP contribution is 2.00. The molecule has 1 heterocycles. The Balaban J connectivity index is 2.84. The monoisotopic (exact) mass is 216 g/mol. The highest BCUT2D eigenvalue weighted by Gasteiger charge is 2.11. The van der Waals surface area contributed by atoms with Gasteiger partial charge in [0.1, 0.15) is 5.82 Å². The molecule has 6 nitrogen and oxygen atoms in total. The van der Waals surface area contributed by atoms with E-state index < -0.39 is 17.1 Å². The van der Waals surface area contributed by atoms with E-state index in [-0.39, 0.29) is 11.3 Å². The molecule has 0 spiro atoms. The quantitative estimate of drug-likeness (QED) is 0.514. The van der Waals surface area contributed by atoms with Crippen molar-refractivity contribution in [2.75, 3.05) is 11.0 Å². The van der Waals surface area contributed by atoms with Gasteiger partial charge in [0.2, 0.25) is 10.0 Å². The molecule has 1 aromatic rings. The number of hydrogen-bond donors (Lipinski definition) is 3. The lowest BCUT2D eigenvalue weighted by Gasteiger charge is -2.03. The molecule has 0 amide bonds. The number of rotatable bonds is 3. The van der Waals surface area contributed by atoms with Gasteiger partial charge < -0.3 is 10.0 Å². The standard InChI is InChI=1S/C6H9BN2O4S/c1-14(12,13)9-6-3-2-5(4-8-6)7(10)11/h2-4,10-11H,1H3,(H,8,9). The van der Waals surface area contributed by atoms with Crippen LogP contribution in [0.25, 0.3) is 0 Å². The Morgan fingerprint density at radius 3 is 2.43 bits per heavy atom. The Morgan fingerprint density at radius 1 is 1.43 bits per heavy atom. The van der Waals surface area contributed by atoms with Crippen molar-refractivity contribution in [1.29, 1.82) is 0 Å². The third-order valence-corrected chi connectivity index (χ3v) is 1.95. The fourth-order valence-electron chi connectivity index (χ4n) is 0.808. The van der Waals surface area contributed by atoms with Gasteiger partial charge >= 0.3 is 7.12 Å². The van der Waals surface area contributed by atoms with Gasteiger partial charge in [-0.2, -0.15) is 0 Å². The highest BCUT2D eigenvalue weighted by atomic mass is 32.2. The van der Waals surface area contributed by atoms with Crippen molar-refractivity contribution in [2.45, 2.75) is 0 Å². The Labute approximate surface area is 81.8 Å². The van der Waals surface area contributed by atoms with Crippen LogP contribution in [0.2, 0.25) is 0 Å². The molecule has 76 valence electrons. The molecule has 0 saturated heterocycles. The number of nitrogens with zero attached hydrogens (tertiary/aromatic N) is 1. The minimum Gasteiger partial charge on any atom is -0.423 e. The van der Waals surface area contributed by atoms with E-state index in [0.717, 1.165) is 6.26 Å².